The van der Waals surface area contributed by atoms with Crippen LogP contribution >= 0.6 is 0 Å². The van der Waals surface area contributed by atoms with Crippen LogP contribution in [0.5, 0.6) is 0 Å². The lowest BCUT2D eigenvalue weighted by atomic mass is 10.0. The third-order valence-corrected chi connectivity index (χ3v) is 4.67. The summed E-state index contributed by atoms with van der Waals surface area (Å²) in [7, 11) is 0. The molecule has 1 aromatic heterocycles. The van der Waals surface area contributed by atoms with Crippen molar-refractivity contribution in [3.8, 4) is 0 Å². The molecular formula is C14H25N3O2. The van der Waals surface area contributed by atoms with Crippen molar-refractivity contribution in [3.05, 3.63) is 11.7 Å². The fourth-order valence-electron chi connectivity index (χ4n) is 2.70. The molecule has 1 saturated carbocycles. The standard InChI is InChI=1S/C14H25N3O2/c1-8(2)18-7-9(15)11-16-12(19-17-11)10-13(3,4)14(10,5)6/h8-10H,7,15H2,1-6H3. The van der Waals surface area contributed by atoms with Gasteiger partial charge in [-0.1, -0.05) is 32.9 Å². The Morgan fingerprint density at radius 2 is 1.84 bits per heavy atom. The summed E-state index contributed by atoms with van der Waals surface area (Å²) in [6.45, 7) is 13.3. The molecule has 5 nitrogen and oxygen atoms in total. The van der Waals surface area contributed by atoms with E-state index in [0.717, 1.165) is 0 Å². The van der Waals surface area contributed by atoms with Crippen LogP contribution in [0.3, 0.4) is 0 Å². The maximum Gasteiger partial charge on any atom is 0.230 e. The second-order valence-corrected chi connectivity index (χ2v) is 6.86. The number of hydrogen-bond donors (Lipinski definition) is 1. The van der Waals surface area contributed by atoms with Crippen LogP contribution in [0, 0.1) is 10.8 Å². The van der Waals surface area contributed by atoms with E-state index in [1.807, 2.05) is 13.8 Å². The highest BCUT2D eigenvalue weighted by atomic mass is 16.5. The topological polar surface area (TPSA) is 74.2 Å². The van der Waals surface area contributed by atoms with Crippen LogP contribution in [-0.4, -0.2) is 22.9 Å². The molecule has 1 aliphatic rings. The molecule has 19 heavy (non-hydrogen) atoms. The van der Waals surface area contributed by atoms with Crippen LogP contribution in [0.2, 0.25) is 0 Å². The predicted molar refractivity (Wildman–Crippen MR) is 72.6 cm³/mol. The fraction of sp³-hybridized carbons (Fsp3) is 0.857. The van der Waals surface area contributed by atoms with E-state index in [2.05, 4.69) is 37.8 Å². The Bertz CT molecular complexity index is 437. The van der Waals surface area contributed by atoms with Gasteiger partial charge in [-0.15, -0.1) is 0 Å². The minimum atomic E-state index is -0.329. The van der Waals surface area contributed by atoms with Crippen LogP contribution < -0.4 is 5.73 Å². The van der Waals surface area contributed by atoms with Crippen molar-refractivity contribution in [1.82, 2.24) is 10.1 Å². The van der Waals surface area contributed by atoms with E-state index in [1.165, 1.54) is 0 Å². The minimum absolute atomic E-state index is 0.152. The molecular weight excluding hydrogens is 242 g/mol. The Hall–Kier alpha value is -0.940. The number of hydrogen-bond acceptors (Lipinski definition) is 5. The molecule has 0 radical (unpaired) electrons. The molecule has 0 amide bonds. The predicted octanol–water partition coefficient (Wildman–Crippen LogP) is 2.64. The van der Waals surface area contributed by atoms with E-state index in [1.54, 1.807) is 0 Å². The van der Waals surface area contributed by atoms with Crippen molar-refractivity contribution in [2.45, 2.75) is 59.6 Å². The van der Waals surface area contributed by atoms with Crippen molar-refractivity contribution in [2.24, 2.45) is 16.6 Å². The molecule has 2 N–H and O–H groups in total. The van der Waals surface area contributed by atoms with Gasteiger partial charge in [0.2, 0.25) is 5.89 Å². The molecule has 0 saturated heterocycles. The van der Waals surface area contributed by atoms with Gasteiger partial charge in [-0.05, 0) is 24.7 Å². The van der Waals surface area contributed by atoms with E-state index in [0.29, 0.717) is 24.2 Å². The Balaban J connectivity index is 2.05. The molecule has 1 fully saturated rings. The Morgan fingerprint density at radius 1 is 1.26 bits per heavy atom. The molecule has 0 aliphatic heterocycles. The third-order valence-electron chi connectivity index (χ3n) is 4.67. The molecule has 1 aliphatic carbocycles. The van der Waals surface area contributed by atoms with Gasteiger partial charge in [-0.3, -0.25) is 0 Å². The zero-order chi connectivity index (χ0) is 14.4. The Labute approximate surface area is 114 Å². The SMILES string of the molecule is CC(C)OCC(N)c1noc(C2C(C)(C)C2(C)C)n1. The Morgan fingerprint density at radius 3 is 2.32 bits per heavy atom. The smallest absolute Gasteiger partial charge is 0.230 e. The van der Waals surface area contributed by atoms with Crippen LogP contribution in [0.1, 0.15) is 65.2 Å². The summed E-state index contributed by atoms with van der Waals surface area (Å²) in [5, 5.41) is 4.00. The summed E-state index contributed by atoms with van der Waals surface area (Å²) in [5.41, 5.74) is 6.38. The molecule has 0 spiro atoms. The largest absolute Gasteiger partial charge is 0.377 e. The van der Waals surface area contributed by atoms with Gasteiger partial charge in [0.05, 0.1) is 18.8 Å². The minimum Gasteiger partial charge on any atom is -0.377 e. The highest BCUT2D eigenvalue weighted by molar-refractivity contribution is 5.25. The lowest BCUT2D eigenvalue weighted by Crippen LogP contribution is -2.20. The van der Waals surface area contributed by atoms with Gasteiger partial charge < -0.3 is 15.0 Å². The first-order chi connectivity index (χ1) is 8.68. The zero-order valence-electron chi connectivity index (χ0n) is 12.7. The quantitative estimate of drug-likeness (QED) is 0.887. The van der Waals surface area contributed by atoms with Crippen molar-refractivity contribution < 1.29 is 9.26 Å². The third kappa shape index (κ3) is 2.41. The van der Waals surface area contributed by atoms with E-state index in [9.17, 15) is 0 Å². The first-order valence-electron chi connectivity index (χ1n) is 6.88. The van der Waals surface area contributed by atoms with E-state index < -0.39 is 0 Å². The molecule has 1 unspecified atom stereocenters. The molecule has 0 aromatic carbocycles. The number of nitrogens with two attached hydrogens (primary N) is 1. The lowest BCUT2D eigenvalue weighted by molar-refractivity contribution is 0.0665. The zero-order valence-corrected chi connectivity index (χ0v) is 12.7. The van der Waals surface area contributed by atoms with Gasteiger partial charge in [0, 0.05) is 5.92 Å². The van der Waals surface area contributed by atoms with Gasteiger partial charge in [0.15, 0.2) is 5.82 Å². The molecule has 1 atom stereocenters. The molecule has 108 valence electrons. The van der Waals surface area contributed by atoms with Gasteiger partial charge in [0.25, 0.3) is 0 Å². The van der Waals surface area contributed by atoms with E-state index in [4.69, 9.17) is 15.0 Å². The summed E-state index contributed by atoms with van der Waals surface area (Å²) in [5.74, 6) is 1.54. The van der Waals surface area contributed by atoms with Crippen molar-refractivity contribution in [2.75, 3.05) is 6.61 Å². The highest BCUT2D eigenvalue weighted by Gasteiger charge is 2.68. The van der Waals surface area contributed by atoms with Gasteiger partial charge in [-0.2, -0.15) is 4.98 Å². The molecule has 2 rings (SSSR count). The van der Waals surface area contributed by atoms with E-state index >= 15 is 0 Å². The van der Waals surface area contributed by atoms with Crippen molar-refractivity contribution in [1.29, 1.82) is 0 Å². The first kappa shape index (κ1) is 14.5. The number of ether oxygens (including phenoxy) is 1. The summed E-state index contributed by atoms with van der Waals surface area (Å²) in [6, 6.07) is -0.329. The van der Waals surface area contributed by atoms with Gasteiger partial charge in [0.1, 0.15) is 0 Å². The second-order valence-electron chi connectivity index (χ2n) is 6.86. The molecule has 0 bridgehead atoms. The number of rotatable bonds is 5. The van der Waals surface area contributed by atoms with E-state index in [-0.39, 0.29) is 23.0 Å². The van der Waals surface area contributed by atoms with Crippen LogP contribution in [0.25, 0.3) is 0 Å². The number of aromatic nitrogens is 2. The van der Waals surface area contributed by atoms with Crippen LogP contribution in [-0.2, 0) is 4.74 Å². The van der Waals surface area contributed by atoms with Gasteiger partial charge in [-0.25, -0.2) is 0 Å². The highest BCUT2D eigenvalue weighted by Crippen LogP contribution is 2.73. The summed E-state index contributed by atoms with van der Waals surface area (Å²) in [6.07, 6.45) is 0.152. The second kappa shape index (κ2) is 4.56. The Kier molecular flexibility index (Phi) is 3.47. The fourth-order valence-corrected chi connectivity index (χ4v) is 2.70. The van der Waals surface area contributed by atoms with Crippen molar-refractivity contribution in [3.63, 3.8) is 0 Å². The van der Waals surface area contributed by atoms with Crippen LogP contribution in [0.4, 0.5) is 0 Å². The van der Waals surface area contributed by atoms with Gasteiger partial charge >= 0.3 is 0 Å². The summed E-state index contributed by atoms with van der Waals surface area (Å²) >= 11 is 0. The normalized spacial score (nSPS) is 22.7. The maximum atomic E-state index is 6.00. The average molecular weight is 267 g/mol. The lowest BCUT2D eigenvalue weighted by Gasteiger charge is -2.10. The van der Waals surface area contributed by atoms with Crippen LogP contribution in [0.15, 0.2) is 4.52 Å². The first-order valence-corrected chi connectivity index (χ1v) is 6.88. The number of nitrogens with zero attached hydrogens (tertiary/aromatic N) is 2. The monoisotopic (exact) mass is 267 g/mol. The molecule has 1 heterocycles. The summed E-state index contributed by atoms with van der Waals surface area (Å²) in [4.78, 5) is 4.46. The van der Waals surface area contributed by atoms with Crippen molar-refractivity contribution >= 4 is 0 Å². The molecule has 1 aromatic rings. The summed E-state index contributed by atoms with van der Waals surface area (Å²) < 4.78 is 10.9. The maximum absolute atomic E-state index is 6.00. The molecule has 5 heteroatoms. The average Bonchev–Trinajstić information content (AvgIpc) is 2.69.